The molecule has 0 saturated heterocycles. The van der Waals surface area contributed by atoms with Gasteiger partial charge in [-0.15, -0.1) is 0 Å². The third-order valence-electron chi connectivity index (χ3n) is 21.4. The van der Waals surface area contributed by atoms with Crippen LogP contribution in [0.2, 0.25) is 0 Å². The Hall–Kier alpha value is -10.7. The maximum absolute atomic E-state index is 2.39. The number of aryl methyl sites for hydroxylation is 10. The van der Waals surface area contributed by atoms with Crippen LogP contribution in [0.15, 0.2) is 218 Å². The smallest absolute Gasteiger partial charge is 0.230 e. The zero-order chi connectivity index (χ0) is 87.7. The van der Waals surface area contributed by atoms with E-state index in [4.69, 9.17) is 0 Å². The van der Waals surface area contributed by atoms with Crippen molar-refractivity contribution >= 4 is 141 Å². The Morgan fingerprint density at radius 3 is 0.846 bits per heavy atom. The average molecular weight is 1580 g/mol. The minimum Gasteiger partial charge on any atom is -0.230 e. The van der Waals surface area contributed by atoms with E-state index in [2.05, 4.69) is 369 Å². The molecule has 0 spiro atoms. The molecule has 13 aromatic carbocycles. The van der Waals surface area contributed by atoms with E-state index in [1.807, 2.05) is 138 Å². The first-order chi connectivity index (χ1) is 57.1. The third-order valence-corrected chi connectivity index (χ3v) is 21.4. The molecule has 5 aromatic heterocycles. The number of hydrogen-bond donors (Lipinski definition) is 0. The summed E-state index contributed by atoms with van der Waals surface area (Å²) < 4.78 is 23.3. The number of imidazole rings is 5. The highest BCUT2D eigenvalue weighted by Gasteiger charge is 2.25. The van der Waals surface area contributed by atoms with Gasteiger partial charge in [-0.05, 0) is 177 Å². The molecule has 0 bridgehead atoms. The lowest BCUT2D eigenvalue weighted by Crippen LogP contribution is -2.31. The number of fused-ring (bicyclic) bond motifs is 18. The van der Waals surface area contributed by atoms with Crippen LogP contribution in [0.3, 0.4) is 0 Å². The van der Waals surface area contributed by atoms with Crippen LogP contribution in [0.5, 0.6) is 0 Å². The van der Waals surface area contributed by atoms with Gasteiger partial charge in [-0.2, -0.15) is 0 Å². The molecule has 10 heteroatoms. The molecular formula is C107H151N10+5. The van der Waals surface area contributed by atoms with Crippen molar-refractivity contribution in [3.8, 4) is 0 Å². The molecule has 18 aromatic rings. The van der Waals surface area contributed by atoms with Gasteiger partial charge in [-0.25, -0.2) is 45.7 Å². The zero-order valence-corrected chi connectivity index (χ0v) is 79.3. The third kappa shape index (κ3) is 20.3. The summed E-state index contributed by atoms with van der Waals surface area (Å²) in [5.41, 5.74) is 13.2. The van der Waals surface area contributed by atoms with Crippen molar-refractivity contribution in [2.24, 2.45) is 35.2 Å². The van der Waals surface area contributed by atoms with Gasteiger partial charge in [0.05, 0.1) is 68.0 Å². The quantitative estimate of drug-likeness (QED) is 0.122. The summed E-state index contributed by atoms with van der Waals surface area (Å²) in [6, 6.07) is 79.2. The van der Waals surface area contributed by atoms with E-state index in [1.54, 1.807) is 0 Å². The van der Waals surface area contributed by atoms with E-state index < -0.39 is 0 Å². The molecular weight excluding hydrogens is 1430 g/mol. The molecule has 0 aliphatic rings. The highest BCUT2D eigenvalue weighted by Crippen LogP contribution is 2.34. The molecule has 0 unspecified atom stereocenters. The molecule has 0 amide bonds. The van der Waals surface area contributed by atoms with Crippen LogP contribution in [-0.2, 0) is 68.0 Å². The van der Waals surface area contributed by atoms with E-state index in [0.29, 0.717) is 0 Å². The van der Waals surface area contributed by atoms with Gasteiger partial charge in [0.25, 0.3) is 29.1 Å². The Kier molecular flexibility index (Phi) is 41.1. The van der Waals surface area contributed by atoms with E-state index in [1.165, 1.54) is 170 Å². The van der Waals surface area contributed by atoms with Crippen LogP contribution in [0.25, 0.3) is 141 Å². The summed E-state index contributed by atoms with van der Waals surface area (Å²) in [6.45, 7) is 67.0. The highest BCUT2D eigenvalue weighted by molar-refractivity contribution is 6.18. The first-order valence-electron chi connectivity index (χ1n) is 44.7. The molecule has 0 aliphatic carbocycles. The second kappa shape index (κ2) is 48.7. The minimum absolute atomic E-state index is 0.999. The first-order valence-corrected chi connectivity index (χ1v) is 44.7. The first kappa shape index (κ1) is 98.7. The lowest BCUT2D eigenvalue weighted by molar-refractivity contribution is -0.652. The Morgan fingerprint density at radius 1 is 0.197 bits per heavy atom. The fourth-order valence-corrected chi connectivity index (χ4v) is 15.8. The topological polar surface area (TPSA) is 44.0 Å². The van der Waals surface area contributed by atoms with Gasteiger partial charge in [-0.1, -0.05) is 290 Å². The van der Waals surface area contributed by atoms with Crippen molar-refractivity contribution in [3.05, 3.63) is 248 Å². The van der Waals surface area contributed by atoms with Crippen LogP contribution >= 0.6 is 0 Å². The van der Waals surface area contributed by atoms with Crippen molar-refractivity contribution < 1.29 is 22.8 Å². The second-order valence-corrected chi connectivity index (χ2v) is 26.1. The van der Waals surface area contributed by atoms with Gasteiger partial charge in [0, 0.05) is 45.4 Å². The molecule has 117 heavy (non-hydrogen) atoms. The predicted octanol–water partition coefficient (Wildman–Crippen LogP) is 28.5. The summed E-state index contributed by atoms with van der Waals surface area (Å²) in [6.07, 6.45) is 0. The fraction of sp³-hybridized carbons (Fsp3) is 0.374. The van der Waals surface area contributed by atoms with E-state index in [-0.39, 0.29) is 0 Å². The fourth-order valence-electron chi connectivity index (χ4n) is 15.8. The normalized spacial score (nSPS) is 10.2. The molecule has 0 radical (unpaired) electrons. The molecule has 624 valence electrons. The summed E-state index contributed by atoms with van der Waals surface area (Å²) in [5, 5.41) is 21.2. The molecule has 5 heterocycles. The maximum atomic E-state index is 2.39. The minimum atomic E-state index is 0.999. The van der Waals surface area contributed by atoms with Crippen molar-refractivity contribution in [1.82, 2.24) is 22.8 Å². The van der Waals surface area contributed by atoms with Gasteiger partial charge in [0.15, 0.2) is 55.2 Å². The number of aromatic nitrogens is 10. The number of benzene rings is 13. The molecule has 0 aliphatic heterocycles. The molecule has 0 fully saturated rings. The summed E-state index contributed by atoms with van der Waals surface area (Å²) in [7, 11) is 10.8. The Labute approximate surface area is 705 Å². The largest absolute Gasteiger partial charge is 0.254 e. The van der Waals surface area contributed by atoms with Crippen LogP contribution in [0.1, 0.15) is 202 Å². The summed E-state index contributed by atoms with van der Waals surface area (Å²) >= 11 is 0. The monoisotopic (exact) mass is 1580 g/mol. The SMILES string of the molecule is CC.CC.CC.CC.CC.CC.CC.CC.CC.CC.CCn1c(C)[n+](C)c2c3c(ccc4ccccc43)ccc21.CCn1c(C)[n+](C)c2c3ccccc3ccc21.CCn1c(C)[n+](C)c2cc3c(ccc4ccccc43)cc21.CCn1c(C)[n+](C)c2cc3ccc4ccccc4c3cc21.CCn1c(C)[n+](C)c2cc3ccccc3cc21. The Balaban J connectivity index is 0.000000292. The Morgan fingerprint density at radius 2 is 0.436 bits per heavy atom. The van der Waals surface area contributed by atoms with Crippen LogP contribution in [0, 0.1) is 34.6 Å². The van der Waals surface area contributed by atoms with Crippen molar-refractivity contribution in [1.29, 1.82) is 0 Å². The Bertz CT molecular complexity index is 6100. The summed E-state index contributed by atoms with van der Waals surface area (Å²) in [4.78, 5) is 0. The van der Waals surface area contributed by atoms with Crippen molar-refractivity contribution in [2.45, 2.75) is 240 Å². The predicted molar refractivity (Wildman–Crippen MR) is 521 cm³/mol. The van der Waals surface area contributed by atoms with E-state index in [0.717, 1.165) is 32.7 Å². The standard InChI is InChI=1S/3C19H19N2.2C15H17N2.10C2H6/c1-4-21-13(2)20(3)18-12-17-15(11-19(18)21)10-9-14-7-5-6-8-16(14)17;1-4-21-13(2)20(3)18-11-15-10-9-14-7-5-6-8-16(14)17(15)12-19(18)21;1-4-21-13(2)20(3)19-17(21)12-11-15-10-9-14-7-5-6-8-16(14)18(15)19;1-4-17-11(2)16(3)14-9-12-7-5-6-8-13(12)10-15(14)17;1-4-17-11(2)16(3)15-13-8-6-5-7-12(13)9-10-14(15)17;10*1-2/h3*5-12H,4H2,1-3H3;2*5-10H,4H2,1-3H3;10*1-2H3/q5*+1;;;;;;;;;;. The number of nitrogens with zero attached hydrogens (tertiary/aromatic N) is 10. The average Bonchev–Trinajstić information content (AvgIpc) is 1.66. The van der Waals surface area contributed by atoms with E-state index >= 15 is 0 Å². The molecule has 0 saturated carbocycles. The van der Waals surface area contributed by atoms with Crippen molar-refractivity contribution in [3.63, 3.8) is 0 Å². The highest BCUT2D eigenvalue weighted by atomic mass is 15.2. The lowest BCUT2D eigenvalue weighted by Gasteiger charge is -2.04. The van der Waals surface area contributed by atoms with Gasteiger partial charge < -0.3 is 0 Å². The number of hydrogen-bond acceptors (Lipinski definition) is 0. The van der Waals surface area contributed by atoms with Crippen LogP contribution in [0.4, 0.5) is 0 Å². The maximum Gasteiger partial charge on any atom is 0.254 e. The number of rotatable bonds is 5. The zero-order valence-electron chi connectivity index (χ0n) is 79.3. The lowest BCUT2D eigenvalue weighted by atomic mass is 10.0. The van der Waals surface area contributed by atoms with Crippen LogP contribution in [-0.4, -0.2) is 22.8 Å². The molecule has 0 N–H and O–H groups in total. The van der Waals surface area contributed by atoms with Gasteiger partial charge >= 0.3 is 0 Å². The van der Waals surface area contributed by atoms with E-state index in [9.17, 15) is 0 Å². The molecule has 0 atom stereocenters. The van der Waals surface area contributed by atoms with Crippen molar-refractivity contribution in [2.75, 3.05) is 0 Å². The van der Waals surface area contributed by atoms with Crippen LogP contribution < -0.4 is 22.8 Å². The van der Waals surface area contributed by atoms with Gasteiger partial charge in [0.2, 0.25) is 0 Å². The van der Waals surface area contributed by atoms with Gasteiger partial charge in [-0.3, -0.25) is 0 Å². The second-order valence-electron chi connectivity index (χ2n) is 26.1. The molecule has 10 nitrogen and oxygen atoms in total. The molecule has 18 rings (SSSR count). The van der Waals surface area contributed by atoms with Gasteiger partial charge in [0.1, 0.15) is 0 Å². The summed E-state index contributed by atoms with van der Waals surface area (Å²) in [5.74, 6) is 6.50.